The molecule has 2 amide bonds. The summed E-state index contributed by atoms with van der Waals surface area (Å²) in [6, 6.07) is 2.25. The molecule has 2 unspecified atom stereocenters. The molecule has 2 rings (SSSR count). The van der Waals surface area contributed by atoms with Crippen LogP contribution in [-0.2, 0) is 9.59 Å². The van der Waals surface area contributed by atoms with Gasteiger partial charge >= 0.3 is 11.8 Å². The fourth-order valence-corrected chi connectivity index (χ4v) is 2.66. The highest BCUT2D eigenvalue weighted by Gasteiger charge is 2.27. The van der Waals surface area contributed by atoms with Gasteiger partial charge in [0, 0.05) is 30.3 Å². The zero-order valence-corrected chi connectivity index (χ0v) is 11.9. The molecule has 1 aromatic carbocycles. The summed E-state index contributed by atoms with van der Waals surface area (Å²) >= 11 is 0. The molecule has 0 aliphatic heterocycles. The standard InChI is InChI=1S/C15H18F2N2O3/c16-10-5-11(17)7-12(6-10)18-14(21)15(22)19-13-4-2-1-3-9(13)8-20/h5-7,9,13,20H,1-4,8H2,(H,18,21)(H,19,22). The maximum atomic E-state index is 13.0. The molecule has 2 atom stereocenters. The number of carbonyl (C=O) groups is 2. The van der Waals surface area contributed by atoms with E-state index in [0.29, 0.717) is 12.5 Å². The largest absolute Gasteiger partial charge is 0.396 e. The SMILES string of the molecule is O=C(Nc1cc(F)cc(F)c1)C(=O)NC1CCCCC1CO. The van der Waals surface area contributed by atoms with Crippen LogP contribution in [0.15, 0.2) is 18.2 Å². The third kappa shape index (κ3) is 4.24. The minimum absolute atomic E-state index is 0.0539. The number of carbonyl (C=O) groups excluding carboxylic acids is 2. The second-order valence-electron chi connectivity index (χ2n) is 5.42. The van der Waals surface area contributed by atoms with Gasteiger partial charge in [-0.15, -0.1) is 0 Å². The van der Waals surface area contributed by atoms with Crippen LogP contribution in [0.2, 0.25) is 0 Å². The van der Waals surface area contributed by atoms with Crippen LogP contribution in [0.25, 0.3) is 0 Å². The van der Waals surface area contributed by atoms with Gasteiger partial charge < -0.3 is 15.7 Å². The fourth-order valence-electron chi connectivity index (χ4n) is 2.66. The summed E-state index contributed by atoms with van der Waals surface area (Å²) in [5.74, 6) is -3.63. The Morgan fingerprint density at radius 3 is 2.36 bits per heavy atom. The van der Waals surface area contributed by atoms with E-state index >= 15 is 0 Å². The highest BCUT2D eigenvalue weighted by molar-refractivity contribution is 6.39. The molecule has 1 aliphatic rings. The maximum absolute atomic E-state index is 13.0. The molecule has 0 bridgehead atoms. The summed E-state index contributed by atoms with van der Waals surface area (Å²) in [4.78, 5) is 23.6. The Labute approximate surface area is 126 Å². The predicted molar refractivity (Wildman–Crippen MR) is 76.0 cm³/mol. The van der Waals surface area contributed by atoms with E-state index in [2.05, 4.69) is 10.6 Å². The summed E-state index contributed by atoms with van der Waals surface area (Å²) in [6.07, 6.45) is 3.38. The fraction of sp³-hybridized carbons (Fsp3) is 0.467. The van der Waals surface area contributed by atoms with Crippen LogP contribution in [-0.4, -0.2) is 29.6 Å². The molecule has 0 radical (unpaired) electrons. The number of halogens is 2. The maximum Gasteiger partial charge on any atom is 0.313 e. The number of aliphatic hydroxyl groups is 1. The van der Waals surface area contributed by atoms with Crippen molar-refractivity contribution in [3.8, 4) is 0 Å². The van der Waals surface area contributed by atoms with E-state index in [0.717, 1.165) is 31.4 Å². The number of aliphatic hydroxyl groups excluding tert-OH is 1. The smallest absolute Gasteiger partial charge is 0.313 e. The number of nitrogens with one attached hydrogen (secondary N) is 2. The van der Waals surface area contributed by atoms with Gasteiger partial charge in [0.2, 0.25) is 0 Å². The van der Waals surface area contributed by atoms with Crippen molar-refractivity contribution in [2.75, 3.05) is 11.9 Å². The van der Waals surface area contributed by atoms with Crippen molar-refractivity contribution in [1.82, 2.24) is 5.32 Å². The third-order valence-electron chi connectivity index (χ3n) is 3.79. The molecular weight excluding hydrogens is 294 g/mol. The van der Waals surface area contributed by atoms with Crippen LogP contribution < -0.4 is 10.6 Å². The minimum Gasteiger partial charge on any atom is -0.396 e. The molecule has 1 saturated carbocycles. The van der Waals surface area contributed by atoms with E-state index in [9.17, 15) is 23.5 Å². The summed E-state index contributed by atoms with van der Waals surface area (Å²) in [5, 5.41) is 14.0. The molecular formula is C15H18F2N2O3. The van der Waals surface area contributed by atoms with E-state index < -0.39 is 23.4 Å². The molecule has 120 valence electrons. The summed E-state index contributed by atoms with van der Waals surface area (Å²) in [6.45, 7) is -0.0539. The molecule has 3 N–H and O–H groups in total. The van der Waals surface area contributed by atoms with Crippen LogP contribution in [0.5, 0.6) is 0 Å². The molecule has 0 aromatic heterocycles. The van der Waals surface area contributed by atoms with Crippen molar-refractivity contribution in [3.05, 3.63) is 29.8 Å². The van der Waals surface area contributed by atoms with E-state index in [4.69, 9.17) is 0 Å². The molecule has 7 heteroatoms. The second-order valence-corrected chi connectivity index (χ2v) is 5.42. The Kier molecular flexibility index (Phi) is 5.43. The van der Waals surface area contributed by atoms with Crippen molar-refractivity contribution in [2.45, 2.75) is 31.7 Å². The lowest BCUT2D eigenvalue weighted by Crippen LogP contribution is -2.47. The monoisotopic (exact) mass is 312 g/mol. The minimum atomic E-state index is -0.993. The van der Waals surface area contributed by atoms with Gasteiger partial charge in [0.05, 0.1) is 0 Å². The van der Waals surface area contributed by atoms with Gasteiger partial charge in [-0.3, -0.25) is 9.59 Å². The van der Waals surface area contributed by atoms with E-state index in [-0.39, 0.29) is 24.3 Å². The molecule has 5 nitrogen and oxygen atoms in total. The van der Waals surface area contributed by atoms with Gasteiger partial charge in [-0.2, -0.15) is 0 Å². The third-order valence-corrected chi connectivity index (χ3v) is 3.79. The highest BCUT2D eigenvalue weighted by Crippen LogP contribution is 2.23. The first kappa shape index (κ1) is 16.4. The zero-order chi connectivity index (χ0) is 16.1. The number of rotatable bonds is 3. The Bertz CT molecular complexity index is 545. The number of hydrogen-bond donors (Lipinski definition) is 3. The topological polar surface area (TPSA) is 78.4 Å². The Balaban J connectivity index is 1.95. The molecule has 1 fully saturated rings. The van der Waals surface area contributed by atoms with Crippen LogP contribution in [0.3, 0.4) is 0 Å². The Hall–Kier alpha value is -2.02. The van der Waals surface area contributed by atoms with Gasteiger partial charge in [-0.25, -0.2) is 8.78 Å². The normalized spacial score (nSPS) is 21.2. The van der Waals surface area contributed by atoms with Gasteiger partial charge in [-0.1, -0.05) is 12.8 Å². The van der Waals surface area contributed by atoms with Gasteiger partial charge in [0.25, 0.3) is 0 Å². The highest BCUT2D eigenvalue weighted by atomic mass is 19.1. The van der Waals surface area contributed by atoms with Crippen molar-refractivity contribution >= 4 is 17.5 Å². The Morgan fingerprint density at radius 1 is 1.09 bits per heavy atom. The lowest BCUT2D eigenvalue weighted by molar-refractivity contribution is -0.137. The van der Waals surface area contributed by atoms with Gasteiger partial charge in [0.1, 0.15) is 11.6 Å². The van der Waals surface area contributed by atoms with Crippen molar-refractivity contribution < 1.29 is 23.5 Å². The number of hydrogen-bond acceptors (Lipinski definition) is 3. The first-order valence-electron chi connectivity index (χ1n) is 7.18. The summed E-state index contributed by atoms with van der Waals surface area (Å²) < 4.78 is 26.1. The lowest BCUT2D eigenvalue weighted by atomic mass is 9.85. The molecule has 0 saturated heterocycles. The van der Waals surface area contributed by atoms with Crippen molar-refractivity contribution in [3.63, 3.8) is 0 Å². The predicted octanol–water partition coefficient (Wildman–Crippen LogP) is 1.57. The average Bonchev–Trinajstić information content (AvgIpc) is 2.46. The first-order valence-corrected chi connectivity index (χ1v) is 7.18. The second kappa shape index (κ2) is 7.31. The molecule has 0 heterocycles. The lowest BCUT2D eigenvalue weighted by Gasteiger charge is -2.30. The van der Waals surface area contributed by atoms with Crippen molar-refractivity contribution in [2.24, 2.45) is 5.92 Å². The number of benzene rings is 1. The molecule has 0 spiro atoms. The van der Waals surface area contributed by atoms with Crippen LogP contribution in [0.1, 0.15) is 25.7 Å². The Morgan fingerprint density at radius 2 is 1.73 bits per heavy atom. The number of amides is 2. The quantitative estimate of drug-likeness (QED) is 0.741. The average molecular weight is 312 g/mol. The van der Waals surface area contributed by atoms with Crippen LogP contribution in [0, 0.1) is 17.6 Å². The first-order chi connectivity index (χ1) is 10.5. The van der Waals surface area contributed by atoms with E-state index in [1.165, 1.54) is 0 Å². The van der Waals surface area contributed by atoms with Crippen LogP contribution >= 0.6 is 0 Å². The zero-order valence-electron chi connectivity index (χ0n) is 11.9. The van der Waals surface area contributed by atoms with Crippen LogP contribution in [0.4, 0.5) is 14.5 Å². The van der Waals surface area contributed by atoms with Gasteiger partial charge in [0.15, 0.2) is 0 Å². The summed E-state index contributed by atoms with van der Waals surface area (Å²) in [7, 11) is 0. The summed E-state index contributed by atoms with van der Waals surface area (Å²) in [5.41, 5.74) is -0.125. The van der Waals surface area contributed by atoms with E-state index in [1.54, 1.807) is 0 Å². The van der Waals surface area contributed by atoms with Gasteiger partial charge in [-0.05, 0) is 25.0 Å². The number of anilines is 1. The molecule has 1 aromatic rings. The van der Waals surface area contributed by atoms with E-state index in [1.807, 2.05) is 0 Å². The van der Waals surface area contributed by atoms with Crippen molar-refractivity contribution in [1.29, 1.82) is 0 Å². The molecule has 1 aliphatic carbocycles. The molecule has 22 heavy (non-hydrogen) atoms.